The molecule has 1 aliphatic rings. The number of aliphatic imine (C=N–C) groups is 1. The first kappa shape index (κ1) is 11.9. The maximum atomic E-state index is 10.8. The Morgan fingerprint density at radius 3 is 3.25 bits per heavy atom. The maximum Gasteiger partial charge on any atom is 0.223 e. The number of amides is 1. The van der Waals surface area contributed by atoms with Crippen molar-refractivity contribution in [2.24, 2.45) is 4.99 Å². The molecule has 0 saturated heterocycles. The van der Waals surface area contributed by atoms with Crippen LogP contribution in [-0.4, -0.2) is 27.6 Å². The molecule has 1 N–H and O–H groups in total. The molecule has 1 aliphatic heterocycles. The summed E-state index contributed by atoms with van der Waals surface area (Å²) >= 11 is 4.97. The Labute approximate surface area is 106 Å². The molecule has 16 heavy (non-hydrogen) atoms. The van der Waals surface area contributed by atoms with Crippen LogP contribution in [-0.2, 0) is 10.5 Å². The highest BCUT2D eigenvalue weighted by atomic mass is 32.2. The highest BCUT2D eigenvalue weighted by Gasteiger charge is 2.09. The first-order valence-corrected chi connectivity index (χ1v) is 7.61. The lowest BCUT2D eigenvalue weighted by Crippen LogP contribution is -2.05. The van der Waals surface area contributed by atoms with Crippen LogP contribution in [0.1, 0.15) is 12.6 Å². The summed E-state index contributed by atoms with van der Waals surface area (Å²) in [5, 5.41) is 5.32. The van der Waals surface area contributed by atoms with Crippen LogP contribution < -0.4 is 5.32 Å². The molecule has 0 bridgehead atoms. The van der Waals surface area contributed by atoms with Gasteiger partial charge in [0.2, 0.25) is 5.91 Å². The Bertz CT molecular complexity index is 416. The molecule has 1 aromatic heterocycles. The van der Waals surface area contributed by atoms with Gasteiger partial charge in [-0.3, -0.25) is 9.79 Å². The summed E-state index contributed by atoms with van der Waals surface area (Å²) in [7, 11) is 0. The molecule has 1 aromatic rings. The van der Waals surface area contributed by atoms with Crippen molar-refractivity contribution in [1.82, 2.24) is 4.98 Å². The van der Waals surface area contributed by atoms with Crippen LogP contribution in [0, 0.1) is 0 Å². The van der Waals surface area contributed by atoms with Crippen molar-refractivity contribution in [3.05, 3.63) is 11.1 Å². The average molecular weight is 273 g/mol. The Balaban J connectivity index is 1.85. The zero-order chi connectivity index (χ0) is 11.4. The molecule has 1 amide bonds. The number of nitrogens with zero attached hydrogens (tertiary/aromatic N) is 2. The first-order chi connectivity index (χ1) is 7.74. The summed E-state index contributed by atoms with van der Waals surface area (Å²) in [5.41, 5.74) is 0.994. The number of carbonyl (C=O) groups is 1. The van der Waals surface area contributed by atoms with Gasteiger partial charge in [0.1, 0.15) is 4.38 Å². The Kier molecular flexibility index (Phi) is 4.25. The molecule has 7 heteroatoms. The smallest absolute Gasteiger partial charge is 0.223 e. The molecule has 0 unspecified atom stereocenters. The van der Waals surface area contributed by atoms with Crippen molar-refractivity contribution in [2.75, 3.05) is 17.6 Å². The van der Waals surface area contributed by atoms with E-state index in [-0.39, 0.29) is 5.91 Å². The van der Waals surface area contributed by atoms with Gasteiger partial charge in [0.05, 0.1) is 12.2 Å². The second-order valence-corrected chi connectivity index (χ2v) is 6.27. The van der Waals surface area contributed by atoms with Gasteiger partial charge in [-0.25, -0.2) is 4.98 Å². The van der Waals surface area contributed by atoms with Crippen molar-refractivity contribution in [2.45, 2.75) is 12.7 Å². The van der Waals surface area contributed by atoms with Gasteiger partial charge in [-0.2, -0.15) is 0 Å². The van der Waals surface area contributed by atoms with E-state index in [1.54, 1.807) is 23.5 Å². The minimum atomic E-state index is -0.0794. The van der Waals surface area contributed by atoms with Crippen molar-refractivity contribution in [3.8, 4) is 0 Å². The van der Waals surface area contributed by atoms with Gasteiger partial charge in [-0.1, -0.05) is 23.5 Å². The van der Waals surface area contributed by atoms with Gasteiger partial charge in [0.25, 0.3) is 0 Å². The van der Waals surface area contributed by atoms with Crippen LogP contribution in [0.15, 0.2) is 10.4 Å². The van der Waals surface area contributed by atoms with Crippen LogP contribution in [0.4, 0.5) is 5.13 Å². The fourth-order valence-corrected chi connectivity index (χ4v) is 3.88. The number of rotatable bonds is 3. The van der Waals surface area contributed by atoms with E-state index in [4.69, 9.17) is 0 Å². The summed E-state index contributed by atoms with van der Waals surface area (Å²) in [6, 6.07) is 0. The molecular weight excluding hydrogens is 262 g/mol. The summed E-state index contributed by atoms with van der Waals surface area (Å²) in [5.74, 6) is 1.84. The highest BCUT2D eigenvalue weighted by Crippen LogP contribution is 2.26. The number of hydrogen-bond acceptors (Lipinski definition) is 6. The van der Waals surface area contributed by atoms with Crippen LogP contribution in [0.5, 0.6) is 0 Å². The summed E-state index contributed by atoms with van der Waals surface area (Å²) in [4.78, 5) is 19.5. The highest BCUT2D eigenvalue weighted by molar-refractivity contribution is 8.38. The number of hydrogen-bond donors (Lipinski definition) is 1. The lowest BCUT2D eigenvalue weighted by molar-refractivity contribution is -0.114. The van der Waals surface area contributed by atoms with E-state index in [1.807, 2.05) is 5.38 Å². The molecular formula is C9H11N3OS3. The van der Waals surface area contributed by atoms with Crippen molar-refractivity contribution < 1.29 is 4.79 Å². The fraction of sp³-hybridized carbons (Fsp3) is 0.444. The normalized spacial score (nSPS) is 14.9. The largest absolute Gasteiger partial charge is 0.302 e. The minimum Gasteiger partial charge on any atom is -0.302 e. The van der Waals surface area contributed by atoms with Gasteiger partial charge in [-0.15, -0.1) is 11.3 Å². The molecule has 0 fully saturated rings. The van der Waals surface area contributed by atoms with Gasteiger partial charge < -0.3 is 5.32 Å². The number of thiazole rings is 1. The Morgan fingerprint density at radius 1 is 1.69 bits per heavy atom. The van der Waals surface area contributed by atoms with Gasteiger partial charge >= 0.3 is 0 Å². The van der Waals surface area contributed by atoms with E-state index < -0.39 is 0 Å². The molecule has 0 saturated carbocycles. The number of carbonyl (C=O) groups excluding carboxylic acids is 1. The third-order valence-corrected chi connectivity index (χ3v) is 4.83. The molecule has 2 heterocycles. The Morgan fingerprint density at radius 2 is 2.56 bits per heavy atom. The second-order valence-electron chi connectivity index (χ2n) is 3.11. The number of thioether (sulfide) groups is 2. The van der Waals surface area contributed by atoms with Crippen LogP contribution >= 0.6 is 34.9 Å². The third-order valence-electron chi connectivity index (χ3n) is 1.74. The maximum absolute atomic E-state index is 10.8. The SMILES string of the molecule is CC(=O)Nc1nc(CSC2=NCCS2)cs1. The van der Waals surface area contributed by atoms with Crippen LogP contribution in [0.25, 0.3) is 0 Å². The third kappa shape index (κ3) is 3.50. The predicted molar refractivity (Wildman–Crippen MR) is 72.5 cm³/mol. The lowest BCUT2D eigenvalue weighted by Gasteiger charge is -1.96. The number of anilines is 1. The average Bonchev–Trinajstić information content (AvgIpc) is 2.84. The molecule has 0 aromatic carbocycles. The van der Waals surface area contributed by atoms with Crippen molar-refractivity contribution in [1.29, 1.82) is 0 Å². The van der Waals surface area contributed by atoms with E-state index >= 15 is 0 Å². The van der Waals surface area contributed by atoms with E-state index in [0.717, 1.165) is 28.1 Å². The molecule has 0 radical (unpaired) electrons. The molecule has 86 valence electrons. The topological polar surface area (TPSA) is 54.4 Å². The standard InChI is InChI=1S/C9H11N3OS3/c1-6(13)11-8-12-7(4-15-8)5-16-9-10-2-3-14-9/h4H,2-3,5H2,1H3,(H,11,12,13). The van der Waals surface area contributed by atoms with Gasteiger partial charge in [-0.05, 0) is 0 Å². The van der Waals surface area contributed by atoms with E-state index in [2.05, 4.69) is 15.3 Å². The predicted octanol–water partition coefficient (Wildman–Crippen LogP) is 2.44. The molecule has 2 rings (SSSR count). The second kappa shape index (κ2) is 5.70. The van der Waals surface area contributed by atoms with Crippen LogP contribution in [0.3, 0.4) is 0 Å². The quantitative estimate of drug-likeness (QED) is 0.919. The van der Waals surface area contributed by atoms with Crippen molar-refractivity contribution >= 4 is 50.3 Å². The van der Waals surface area contributed by atoms with Crippen molar-refractivity contribution in [3.63, 3.8) is 0 Å². The molecule has 0 aliphatic carbocycles. The Hall–Kier alpha value is -0.530. The molecule has 4 nitrogen and oxygen atoms in total. The zero-order valence-electron chi connectivity index (χ0n) is 8.73. The van der Waals surface area contributed by atoms with E-state index in [9.17, 15) is 4.79 Å². The fourth-order valence-electron chi connectivity index (χ4n) is 1.12. The van der Waals surface area contributed by atoms with Gasteiger partial charge in [0, 0.05) is 23.8 Å². The lowest BCUT2D eigenvalue weighted by atomic mass is 10.6. The molecule has 0 atom stereocenters. The van der Waals surface area contributed by atoms with Gasteiger partial charge in [0.15, 0.2) is 5.13 Å². The monoisotopic (exact) mass is 273 g/mol. The summed E-state index contributed by atoms with van der Waals surface area (Å²) < 4.78 is 1.15. The number of nitrogens with one attached hydrogen (secondary N) is 1. The number of aromatic nitrogens is 1. The minimum absolute atomic E-state index is 0.0794. The van der Waals surface area contributed by atoms with Crippen LogP contribution in [0.2, 0.25) is 0 Å². The summed E-state index contributed by atoms with van der Waals surface area (Å²) in [6.45, 7) is 2.42. The zero-order valence-corrected chi connectivity index (χ0v) is 11.2. The van der Waals surface area contributed by atoms with E-state index in [1.165, 1.54) is 18.3 Å². The molecule has 0 spiro atoms. The first-order valence-electron chi connectivity index (χ1n) is 4.76. The van der Waals surface area contributed by atoms with E-state index in [0.29, 0.717) is 5.13 Å². The summed E-state index contributed by atoms with van der Waals surface area (Å²) in [6.07, 6.45) is 0.